The lowest BCUT2D eigenvalue weighted by molar-refractivity contribution is -0.0762. The molecule has 0 heterocycles. The van der Waals surface area contributed by atoms with Crippen LogP contribution in [0.5, 0.6) is 5.75 Å². The van der Waals surface area contributed by atoms with Crippen molar-refractivity contribution in [3.8, 4) is 5.75 Å². The smallest absolute Gasteiger partial charge is 0.407 e. The summed E-state index contributed by atoms with van der Waals surface area (Å²) in [6.07, 6.45) is 0.916. The minimum Gasteiger partial charge on any atom is -0.493 e. The number of carboxylic acid groups (broad SMARTS) is 1. The largest absolute Gasteiger partial charge is 0.493 e. The Kier molecular flexibility index (Phi) is 10.4. The normalized spacial score (nSPS) is 12.3. The number of nitrogens with one attached hydrogen (secondary N) is 1. The molecule has 1 aromatic rings. The highest BCUT2D eigenvalue weighted by molar-refractivity contribution is 5.87. The number of benzene rings is 1. The van der Waals surface area contributed by atoms with Gasteiger partial charge in [-0.1, -0.05) is 0 Å². The molecule has 0 aliphatic rings. The van der Waals surface area contributed by atoms with Crippen molar-refractivity contribution in [1.29, 1.82) is 0 Å². The first kappa shape index (κ1) is 27.7. The summed E-state index contributed by atoms with van der Waals surface area (Å²) >= 11 is 0. The highest BCUT2D eigenvalue weighted by Crippen LogP contribution is 2.20. The predicted molar refractivity (Wildman–Crippen MR) is 122 cm³/mol. The van der Waals surface area contributed by atoms with Crippen molar-refractivity contribution in [2.45, 2.75) is 78.1 Å². The number of alkyl carbamates (subject to hydrolysis) is 1. The zero-order valence-corrected chi connectivity index (χ0v) is 20.4. The van der Waals surface area contributed by atoms with Crippen LogP contribution in [0.15, 0.2) is 24.3 Å². The highest BCUT2D eigenvalue weighted by Gasteiger charge is 2.23. The maximum absolute atomic E-state index is 11.6. The van der Waals surface area contributed by atoms with E-state index in [4.69, 9.17) is 24.1 Å². The standard InChI is InChI=1S/C24H39NO7/c1-22(2,3)32-21(28)25-14-17-31-24(6,7)13-16-30-23(4,5)12-15-29-19-10-8-18(9-11-19)20(26)27/h8-11H,12-17H2,1-7H3,(H,25,28)(H,26,27). The van der Waals surface area contributed by atoms with Gasteiger partial charge in [0.25, 0.3) is 0 Å². The molecule has 0 unspecified atom stereocenters. The van der Waals surface area contributed by atoms with Gasteiger partial charge < -0.3 is 29.4 Å². The minimum absolute atomic E-state index is 0.228. The minimum atomic E-state index is -0.961. The molecule has 1 amide bonds. The predicted octanol–water partition coefficient (Wildman–Crippen LogP) is 4.66. The van der Waals surface area contributed by atoms with Gasteiger partial charge in [0.1, 0.15) is 11.4 Å². The van der Waals surface area contributed by atoms with Crippen molar-refractivity contribution in [2.75, 3.05) is 26.4 Å². The summed E-state index contributed by atoms with van der Waals surface area (Å²) in [6.45, 7) is 15.2. The van der Waals surface area contributed by atoms with Gasteiger partial charge in [0.15, 0.2) is 0 Å². The zero-order chi connectivity index (χ0) is 24.4. The SMILES string of the molecule is CC(C)(C)OC(=O)NCCOC(C)(C)CCOC(C)(C)CCOc1ccc(C(=O)O)cc1. The van der Waals surface area contributed by atoms with E-state index >= 15 is 0 Å². The molecule has 0 atom stereocenters. The van der Waals surface area contributed by atoms with Gasteiger partial charge in [-0.3, -0.25) is 0 Å². The molecule has 2 N–H and O–H groups in total. The Balaban J connectivity index is 2.25. The van der Waals surface area contributed by atoms with Crippen molar-refractivity contribution in [2.24, 2.45) is 0 Å². The summed E-state index contributed by atoms with van der Waals surface area (Å²) in [5.74, 6) is -0.336. The number of carbonyl (C=O) groups is 2. The maximum Gasteiger partial charge on any atom is 0.407 e. The number of amides is 1. The summed E-state index contributed by atoms with van der Waals surface area (Å²) < 4.78 is 22.8. The third-order valence-corrected chi connectivity index (χ3v) is 4.53. The Labute approximate surface area is 191 Å². The van der Waals surface area contributed by atoms with Gasteiger partial charge in [-0.25, -0.2) is 9.59 Å². The van der Waals surface area contributed by atoms with Crippen LogP contribution >= 0.6 is 0 Å². The van der Waals surface area contributed by atoms with E-state index in [1.54, 1.807) is 12.1 Å². The number of carboxylic acids is 1. The van der Waals surface area contributed by atoms with Crippen LogP contribution in [0.25, 0.3) is 0 Å². The van der Waals surface area contributed by atoms with Crippen molar-refractivity contribution >= 4 is 12.1 Å². The molecule has 0 aromatic heterocycles. The number of rotatable bonds is 13. The topological polar surface area (TPSA) is 103 Å². The van der Waals surface area contributed by atoms with E-state index < -0.39 is 23.3 Å². The summed E-state index contributed by atoms with van der Waals surface area (Å²) in [6, 6.07) is 6.33. The third-order valence-electron chi connectivity index (χ3n) is 4.53. The molecule has 0 aliphatic heterocycles. The van der Waals surface area contributed by atoms with Crippen molar-refractivity contribution in [3.63, 3.8) is 0 Å². The van der Waals surface area contributed by atoms with Crippen molar-refractivity contribution in [3.05, 3.63) is 29.8 Å². The van der Waals surface area contributed by atoms with E-state index in [2.05, 4.69) is 5.32 Å². The second-order valence-electron chi connectivity index (χ2n) is 9.82. The first-order valence-corrected chi connectivity index (χ1v) is 10.9. The number of aromatic carboxylic acids is 1. The average molecular weight is 454 g/mol. The van der Waals surface area contributed by atoms with Crippen LogP contribution in [0.4, 0.5) is 4.79 Å². The van der Waals surface area contributed by atoms with E-state index in [1.807, 2.05) is 48.5 Å². The Morgan fingerprint density at radius 2 is 1.38 bits per heavy atom. The molecule has 8 heteroatoms. The first-order valence-electron chi connectivity index (χ1n) is 10.9. The van der Waals surface area contributed by atoms with Crippen LogP contribution in [-0.2, 0) is 14.2 Å². The Bertz CT molecular complexity index is 721. The fourth-order valence-corrected chi connectivity index (χ4v) is 2.62. The lowest BCUT2D eigenvalue weighted by Crippen LogP contribution is -2.36. The van der Waals surface area contributed by atoms with Crippen LogP contribution in [0.3, 0.4) is 0 Å². The monoisotopic (exact) mass is 453 g/mol. The van der Waals surface area contributed by atoms with E-state index in [0.29, 0.717) is 45.0 Å². The summed E-state index contributed by atoms with van der Waals surface area (Å²) in [5.41, 5.74) is -1.07. The molecule has 0 fully saturated rings. The van der Waals surface area contributed by atoms with Gasteiger partial charge in [0.2, 0.25) is 0 Å². The van der Waals surface area contributed by atoms with Gasteiger partial charge in [0.05, 0.1) is 36.6 Å². The molecule has 0 aliphatic carbocycles. The second kappa shape index (κ2) is 12.1. The van der Waals surface area contributed by atoms with Crippen LogP contribution in [0.1, 0.15) is 71.7 Å². The van der Waals surface area contributed by atoms with Crippen molar-refractivity contribution < 1.29 is 33.6 Å². The Morgan fingerprint density at radius 3 is 1.91 bits per heavy atom. The Morgan fingerprint density at radius 1 is 0.844 bits per heavy atom. The molecule has 0 spiro atoms. The molecule has 32 heavy (non-hydrogen) atoms. The van der Waals surface area contributed by atoms with E-state index in [1.165, 1.54) is 12.1 Å². The third kappa shape index (κ3) is 12.5. The molecule has 182 valence electrons. The fourth-order valence-electron chi connectivity index (χ4n) is 2.62. The summed E-state index contributed by atoms with van der Waals surface area (Å²) in [7, 11) is 0. The van der Waals surface area contributed by atoms with Crippen LogP contribution in [0.2, 0.25) is 0 Å². The van der Waals surface area contributed by atoms with E-state index in [0.717, 1.165) is 0 Å². The first-order chi connectivity index (χ1) is 14.7. The Hall–Kier alpha value is -2.32. The van der Waals surface area contributed by atoms with Gasteiger partial charge >= 0.3 is 12.1 Å². The van der Waals surface area contributed by atoms with Crippen LogP contribution < -0.4 is 10.1 Å². The number of hydrogen-bond acceptors (Lipinski definition) is 6. The van der Waals surface area contributed by atoms with E-state index in [-0.39, 0.29) is 11.2 Å². The van der Waals surface area contributed by atoms with Gasteiger partial charge in [-0.05, 0) is 79.2 Å². The molecule has 1 rings (SSSR count). The molecule has 0 saturated heterocycles. The van der Waals surface area contributed by atoms with Gasteiger partial charge in [0, 0.05) is 13.0 Å². The van der Waals surface area contributed by atoms with Crippen LogP contribution in [-0.4, -0.2) is 60.3 Å². The molecule has 8 nitrogen and oxygen atoms in total. The second-order valence-corrected chi connectivity index (χ2v) is 9.82. The molecule has 0 bridgehead atoms. The molecular formula is C24H39NO7. The number of ether oxygens (including phenoxy) is 4. The van der Waals surface area contributed by atoms with Gasteiger partial charge in [-0.15, -0.1) is 0 Å². The number of hydrogen-bond donors (Lipinski definition) is 2. The summed E-state index contributed by atoms with van der Waals surface area (Å²) in [5, 5.41) is 11.6. The van der Waals surface area contributed by atoms with Crippen LogP contribution in [0, 0.1) is 0 Å². The van der Waals surface area contributed by atoms with E-state index in [9.17, 15) is 9.59 Å². The molecular weight excluding hydrogens is 414 g/mol. The fraction of sp³-hybridized carbons (Fsp3) is 0.667. The molecule has 1 aromatic carbocycles. The number of carbonyl (C=O) groups excluding carboxylic acids is 1. The zero-order valence-electron chi connectivity index (χ0n) is 20.4. The van der Waals surface area contributed by atoms with Crippen molar-refractivity contribution in [1.82, 2.24) is 5.32 Å². The molecule has 0 saturated carbocycles. The van der Waals surface area contributed by atoms with Gasteiger partial charge in [-0.2, -0.15) is 0 Å². The highest BCUT2D eigenvalue weighted by atomic mass is 16.6. The lowest BCUT2D eigenvalue weighted by Gasteiger charge is -2.30. The quantitative estimate of drug-likeness (QED) is 0.419. The molecule has 0 radical (unpaired) electrons. The maximum atomic E-state index is 11.6. The summed E-state index contributed by atoms with van der Waals surface area (Å²) in [4.78, 5) is 22.5. The average Bonchev–Trinajstić information content (AvgIpc) is 2.64. The lowest BCUT2D eigenvalue weighted by atomic mass is 10.0.